The Morgan fingerprint density at radius 3 is 2.83 bits per heavy atom. The average Bonchev–Trinajstić information content (AvgIpc) is 3.50. The molecule has 2 atom stereocenters. The van der Waals surface area contributed by atoms with Gasteiger partial charge in [-0.1, -0.05) is 6.92 Å². The summed E-state index contributed by atoms with van der Waals surface area (Å²) in [6.07, 6.45) is 9.44. The van der Waals surface area contributed by atoms with Gasteiger partial charge in [0, 0.05) is 18.7 Å². The predicted molar refractivity (Wildman–Crippen MR) is 130 cm³/mol. The number of rotatable bonds is 6. The molecule has 1 saturated heterocycles. The van der Waals surface area contributed by atoms with E-state index < -0.39 is 11.6 Å². The summed E-state index contributed by atoms with van der Waals surface area (Å²) in [6, 6.07) is 5.36. The van der Waals surface area contributed by atoms with E-state index in [4.69, 9.17) is 9.72 Å². The van der Waals surface area contributed by atoms with Crippen LogP contribution in [0.2, 0.25) is 0 Å². The van der Waals surface area contributed by atoms with Crippen molar-refractivity contribution >= 4 is 28.0 Å². The van der Waals surface area contributed by atoms with Gasteiger partial charge in [-0.25, -0.2) is 28.7 Å². The Balaban J connectivity index is 1.43. The highest BCUT2D eigenvalue weighted by molar-refractivity contribution is 5.83. The zero-order valence-electron chi connectivity index (χ0n) is 19.6. The maximum atomic E-state index is 14.2. The van der Waals surface area contributed by atoms with Gasteiger partial charge in [-0.15, -0.1) is 0 Å². The van der Waals surface area contributed by atoms with Gasteiger partial charge in [0.15, 0.2) is 17.0 Å². The van der Waals surface area contributed by atoms with E-state index in [0.717, 1.165) is 25.5 Å². The maximum Gasteiger partial charge on any atom is 0.167 e. The van der Waals surface area contributed by atoms with E-state index >= 15 is 0 Å². The SMILES string of the molecule is CCC(Nc1ncnc2c1ncn2[C@@H]1CCCCO1)c1nc2ccc(F)cc2n1-c1cncc(F)c1. The van der Waals surface area contributed by atoms with Crippen molar-refractivity contribution in [2.24, 2.45) is 0 Å². The second kappa shape index (κ2) is 9.23. The van der Waals surface area contributed by atoms with Crippen LogP contribution in [-0.4, -0.2) is 40.7 Å². The minimum absolute atomic E-state index is 0.104. The zero-order valence-corrected chi connectivity index (χ0v) is 19.6. The molecule has 9 nitrogen and oxygen atoms in total. The number of fused-ring (bicyclic) bond motifs is 2. The first-order valence-corrected chi connectivity index (χ1v) is 12.0. The fourth-order valence-corrected chi connectivity index (χ4v) is 4.72. The molecule has 1 fully saturated rings. The van der Waals surface area contributed by atoms with Crippen molar-refractivity contribution < 1.29 is 13.5 Å². The maximum absolute atomic E-state index is 14.2. The molecule has 11 heteroatoms. The molecular weight excluding hydrogens is 466 g/mol. The third-order valence-electron chi connectivity index (χ3n) is 6.45. The van der Waals surface area contributed by atoms with Gasteiger partial charge in [0.2, 0.25) is 0 Å². The Kier molecular flexibility index (Phi) is 5.76. The smallest absolute Gasteiger partial charge is 0.167 e. The minimum atomic E-state index is -0.495. The van der Waals surface area contributed by atoms with E-state index in [1.165, 1.54) is 30.7 Å². The average molecular weight is 491 g/mol. The third-order valence-corrected chi connectivity index (χ3v) is 6.45. The number of ether oxygens (including phenoxy) is 1. The molecule has 5 aromatic rings. The highest BCUT2D eigenvalue weighted by Crippen LogP contribution is 2.32. The van der Waals surface area contributed by atoms with Crippen LogP contribution in [0.25, 0.3) is 27.9 Å². The van der Waals surface area contributed by atoms with Gasteiger partial charge in [0.25, 0.3) is 0 Å². The number of pyridine rings is 1. The second-order valence-corrected chi connectivity index (χ2v) is 8.77. The van der Waals surface area contributed by atoms with E-state index in [0.29, 0.717) is 52.6 Å². The van der Waals surface area contributed by atoms with Gasteiger partial charge >= 0.3 is 0 Å². The number of nitrogens with one attached hydrogen (secondary N) is 1. The van der Waals surface area contributed by atoms with E-state index in [-0.39, 0.29) is 12.3 Å². The van der Waals surface area contributed by atoms with Crippen molar-refractivity contribution in [2.45, 2.75) is 44.9 Å². The molecule has 0 bridgehead atoms. The van der Waals surface area contributed by atoms with Gasteiger partial charge in [-0.2, -0.15) is 0 Å². The van der Waals surface area contributed by atoms with Crippen LogP contribution in [0, 0.1) is 11.6 Å². The van der Waals surface area contributed by atoms with Crippen molar-refractivity contribution in [2.75, 3.05) is 11.9 Å². The van der Waals surface area contributed by atoms with Gasteiger partial charge < -0.3 is 10.1 Å². The summed E-state index contributed by atoms with van der Waals surface area (Å²) >= 11 is 0. The monoisotopic (exact) mass is 490 g/mol. The molecule has 6 rings (SSSR count). The van der Waals surface area contributed by atoms with Crippen LogP contribution in [-0.2, 0) is 4.74 Å². The highest BCUT2D eigenvalue weighted by atomic mass is 19.1. The summed E-state index contributed by atoms with van der Waals surface area (Å²) in [5.41, 5.74) is 2.85. The van der Waals surface area contributed by atoms with Gasteiger partial charge in [0.05, 0.1) is 41.5 Å². The van der Waals surface area contributed by atoms with Gasteiger partial charge in [0.1, 0.15) is 30.0 Å². The molecule has 36 heavy (non-hydrogen) atoms. The number of halogens is 2. The van der Waals surface area contributed by atoms with E-state index in [2.05, 4.69) is 25.3 Å². The molecule has 0 spiro atoms. The van der Waals surface area contributed by atoms with Crippen LogP contribution in [0.3, 0.4) is 0 Å². The molecule has 4 aromatic heterocycles. The quantitative estimate of drug-likeness (QED) is 0.354. The third kappa shape index (κ3) is 3.95. The van der Waals surface area contributed by atoms with Crippen LogP contribution in [0.15, 0.2) is 49.3 Å². The lowest BCUT2D eigenvalue weighted by Crippen LogP contribution is -2.18. The van der Waals surface area contributed by atoms with Crippen molar-refractivity contribution in [3.63, 3.8) is 0 Å². The van der Waals surface area contributed by atoms with Crippen molar-refractivity contribution in [3.8, 4) is 5.69 Å². The molecule has 1 N–H and O–H groups in total. The van der Waals surface area contributed by atoms with Crippen LogP contribution in [0.4, 0.5) is 14.6 Å². The van der Waals surface area contributed by atoms with Crippen LogP contribution >= 0.6 is 0 Å². The Morgan fingerprint density at radius 1 is 1.11 bits per heavy atom. The number of nitrogens with zero attached hydrogens (tertiary/aromatic N) is 7. The topological polar surface area (TPSA) is 95.6 Å². The summed E-state index contributed by atoms with van der Waals surface area (Å²) < 4.78 is 37.9. The summed E-state index contributed by atoms with van der Waals surface area (Å²) in [5.74, 6) is 0.218. The molecule has 0 radical (unpaired) electrons. The van der Waals surface area contributed by atoms with E-state index in [9.17, 15) is 8.78 Å². The molecule has 184 valence electrons. The summed E-state index contributed by atoms with van der Waals surface area (Å²) in [7, 11) is 0. The zero-order chi connectivity index (χ0) is 24.6. The number of benzene rings is 1. The Hall–Kier alpha value is -3.99. The number of hydrogen-bond donors (Lipinski definition) is 1. The number of anilines is 1. The lowest BCUT2D eigenvalue weighted by Gasteiger charge is -2.23. The lowest BCUT2D eigenvalue weighted by molar-refractivity contribution is -0.0298. The second-order valence-electron chi connectivity index (χ2n) is 8.77. The van der Waals surface area contributed by atoms with Crippen LogP contribution in [0.5, 0.6) is 0 Å². The minimum Gasteiger partial charge on any atom is -0.358 e. The molecule has 1 aromatic carbocycles. The molecule has 1 aliphatic heterocycles. The first-order chi connectivity index (χ1) is 17.6. The van der Waals surface area contributed by atoms with Crippen molar-refractivity contribution in [1.82, 2.24) is 34.1 Å². The Bertz CT molecular complexity index is 1540. The first kappa shape index (κ1) is 22.5. The van der Waals surface area contributed by atoms with E-state index in [1.54, 1.807) is 17.0 Å². The fourth-order valence-electron chi connectivity index (χ4n) is 4.72. The lowest BCUT2D eigenvalue weighted by atomic mass is 10.2. The number of imidazole rings is 2. The predicted octanol–water partition coefficient (Wildman–Crippen LogP) is 5.10. The first-order valence-electron chi connectivity index (χ1n) is 12.0. The molecular formula is C25H24F2N8O. The van der Waals surface area contributed by atoms with Gasteiger partial charge in [-0.3, -0.25) is 14.1 Å². The molecule has 1 unspecified atom stereocenters. The molecule has 5 heterocycles. The standard InChI is InChI=1S/C25H24F2N8O/c1-2-18(32-23-22-25(30-13-29-23)34(14-31-22)21-5-3-4-8-36-21)24-33-19-7-6-15(26)10-20(19)35(24)17-9-16(27)11-28-12-17/h6-7,9-14,18,21H,2-5,8H2,1H3,(H,29,30,32)/t18?,21-/m0/s1. The van der Waals surface area contributed by atoms with Crippen molar-refractivity contribution in [1.29, 1.82) is 0 Å². The number of aromatic nitrogens is 7. The van der Waals surface area contributed by atoms with Crippen molar-refractivity contribution in [3.05, 3.63) is 66.8 Å². The molecule has 0 aliphatic carbocycles. The summed E-state index contributed by atoms with van der Waals surface area (Å²) in [5, 5.41) is 3.45. The summed E-state index contributed by atoms with van der Waals surface area (Å²) in [4.78, 5) is 22.3. The largest absolute Gasteiger partial charge is 0.358 e. The van der Waals surface area contributed by atoms with E-state index in [1.807, 2.05) is 11.5 Å². The Labute approximate surface area is 205 Å². The molecule has 0 amide bonds. The van der Waals surface area contributed by atoms with Gasteiger partial charge in [-0.05, 0) is 37.8 Å². The van der Waals surface area contributed by atoms with Crippen LogP contribution in [0.1, 0.15) is 50.7 Å². The Morgan fingerprint density at radius 2 is 2.03 bits per heavy atom. The normalized spacial score (nSPS) is 17.0. The van der Waals surface area contributed by atoms with Crippen LogP contribution < -0.4 is 5.32 Å². The molecule has 0 saturated carbocycles. The summed E-state index contributed by atoms with van der Waals surface area (Å²) in [6.45, 7) is 2.71. The highest BCUT2D eigenvalue weighted by Gasteiger charge is 2.24. The molecule has 1 aliphatic rings. The fraction of sp³-hybridized carbons (Fsp3) is 0.320. The number of hydrogen-bond acceptors (Lipinski definition) is 7.